The number of hydrogen-bond acceptors (Lipinski definition) is 4. The fourth-order valence-electron chi connectivity index (χ4n) is 3.75. The lowest BCUT2D eigenvalue weighted by Crippen LogP contribution is -2.39. The number of halogens is 2. The molecule has 1 fully saturated rings. The normalized spacial score (nSPS) is 16.6. The molecule has 150 valence electrons. The molecule has 28 heavy (non-hydrogen) atoms. The maximum Gasteiger partial charge on any atom is 0.306 e. The Morgan fingerprint density at radius 3 is 2.43 bits per heavy atom. The molecule has 2 aromatic carbocycles. The average molecular weight is 424 g/mol. The molecule has 3 rings (SSSR count). The molecule has 0 saturated carbocycles. The summed E-state index contributed by atoms with van der Waals surface area (Å²) in [5.41, 5.74) is 1.76. The zero-order chi connectivity index (χ0) is 20.3. The summed E-state index contributed by atoms with van der Waals surface area (Å²) in [7, 11) is 3.24. The zero-order valence-electron chi connectivity index (χ0n) is 15.8. The van der Waals surface area contributed by atoms with Gasteiger partial charge in [-0.3, -0.25) is 9.69 Å². The van der Waals surface area contributed by atoms with Gasteiger partial charge < -0.3 is 14.6 Å². The first-order valence-electron chi connectivity index (χ1n) is 9.09. The van der Waals surface area contributed by atoms with Crippen LogP contribution in [-0.4, -0.2) is 43.3 Å². The van der Waals surface area contributed by atoms with Crippen molar-refractivity contribution in [1.82, 2.24) is 4.90 Å². The smallest absolute Gasteiger partial charge is 0.306 e. The molecule has 5 nitrogen and oxygen atoms in total. The van der Waals surface area contributed by atoms with E-state index in [0.717, 1.165) is 11.1 Å². The number of aliphatic carboxylic acids is 1. The molecule has 2 aromatic rings. The zero-order valence-corrected chi connectivity index (χ0v) is 17.3. The van der Waals surface area contributed by atoms with E-state index in [-0.39, 0.29) is 12.0 Å². The van der Waals surface area contributed by atoms with Crippen molar-refractivity contribution in [3.63, 3.8) is 0 Å². The van der Waals surface area contributed by atoms with Crippen LogP contribution in [0, 0.1) is 5.92 Å². The fraction of sp³-hybridized carbons (Fsp3) is 0.381. The fourth-order valence-corrected chi connectivity index (χ4v) is 4.16. The predicted molar refractivity (Wildman–Crippen MR) is 110 cm³/mol. The van der Waals surface area contributed by atoms with Crippen molar-refractivity contribution < 1.29 is 19.4 Å². The van der Waals surface area contributed by atoms with E-state index in [4.69, 9.17) is 32.7 Å². The van der Waals surface area contributed by atoms with E-state index in [2.05, 4.69) is 4.90 Å². The van der Waals surface area contributed by atoms with Crippen LogP contribution < -0.4 is 9.47 Å². The summed E-state index contributed by atoms with van der Waals surface area (Å²) < 4.78 is 11.0. The number of carbonyl (C=O) groups is 1. The van der Waals surface area contributed by atoms with Crippen LogP contribution in [0.3, 0.4) is 0 Å². The largest absolute Gasteiger partial charge is 0.497 e. The number of ether oxygens (including phenoxy) is 2. The molecule has 0 aromatic heterocycles. The van der Waals surface area contributed by atoms with Gasteiger partial charge in [0.05, 0.1) is 36.2 Å². The van der Waals surface area contributed by atoms with Gasteiger partial charge in [-0.15, -0.1) is 0 Å². The third kappa shape index (κ3) is 4.22. The summed E-state index contributed by atoms with van der Waals surface area (Å²) >= 11 is 12.9. The van der Waals surface area contributed by atoms with Gasteiger partial charge in [0, 0.05) is 5.56 Å². The van der Waals surface area contributed by atoms with Gasteiger partial charge in [0.25, 0.3) is 0 Å². The van der Waals surface area contributed by atoms with Crippen molar-refractivity contribution in [3.8, 4) is 11.5 Å². The lowest BCUT2D eigenvalue weighted by atomic mass is 9.90. The molecule has 0 radical (unpaired) electrons. The average Bonchev–Trinajstić information content (AvgIpc) is 2.71. The predicted octanol–water partition coefficient (Wildman–Crippen LogP) is 4.90. The summed E-state index contributed by atoms with van der Waals surface area (Å²) in [6, 6.07) is 11.0. The van der Waals surface area contributed by atoms with Gasteiger partial charge in [-0.25, -0.2) is 0 Å². The second-order valence-corrected chi connectivity index (χ2v) is 7.59. The molecule has 0 spiro atoms. The number of likely N-dealkylation sites (tertiary alicyclic amines) is 1. The first-order chi connectivity index (χ1) is 13.5. The molecule has 0 amide bonds. The molecule has 1 aliphatic heterocycles. The highest BCUT2D eigenvalue weighted by Gasteiger charge is 2.33. The lowest BCUT2D eigenvalue weighted by Gasteiger charge is -2.38. The van der Waals surface area contributed by atoms with E-state index in [1.54, 1.807) is 20.3 Å². The number of methoxy groups -OCH3 is 2. The first-order valence-corrected chi connectivity index (χ1v) is 9.84. The third-order valence-electron chi connectivity index (χ3n) is 5.25. The molecule has 1 N–H and O–H groups in total. The Kier molecular flexibility index (Phi) is 6.70. The number of benzene rings is 2. The van der Waals surface area contributed by atoms with Crippen LogP contribution in [0.25, 0.3) is 0 Å². The summed E-state index contributed by atoms with van der Waals surface area (Å²) in [6.07, 6.45) is 1.16. The van der Waals surface area contributed by atoms with Crippen LogP contribution in [0.2, 0.25) is 10.0 Å². The maximum atomic E-state index is 11.4. The Balaban J connectivity index is 2.08. The molecular formula is C21H23Cl2NO4. The Bertz CT molecular complexity index is 850. The number of carboxylic acid groups (broad SMARTS) is 1. The molecule has 1 aliphatic rings. The Hall–Kier alpha value is -1.95. The lowest BCUT2D eigenvalue weighted by molar-refractivity contribution is -0.143. The van der Waals surface area contributed by atoms with Crippen LogP contribution in [0.1, 0.15) is 30.0 Å². The van der Waals surface area contributed by atoms with E-state index < -0.39 is 5.97 Å². The van der Waals surface area contributed by atoms with Crippen molar-refractivity contribution in [2.24, 2.45) is 5.92 Å². The number of carboxylic acids is 1. The van der Waals surface area contributed by atoms with Gasteiger partial charge in [0.2, 0.25) is 0 Å². The highest BCUT2D eigenvalue weighted by atomic mass is 35.5. The molecule has 0 aliphatic carbocycles. The number of rotatable bonds is 6. The SMILES string of the molecule is COc1ccc(OC)c(C(c2cccc(Cl)c2Cl)N2CCC(C(=O)O)CC2)c1. The van der Waals surface area contributed by atoms with Crippen molar-refractivity contribution >= 4 is 29.2 Å². The Labute approximate surface area is 174 Å². The highest BCUT2D eigenvalue weighted by molar-refractivity contribution is 6.42. The van der Waals surface area contributed by atoms with E-state index in [1.807, 2.05) is 30.3 Å². The molecule has 1 unspecified atom stereocenters. The van der Waals surface area contributed by atoms with Gasteiger partial charge >= 0.3 is 5.97 Å². The topological polar surface area (TPSA) is 59.0 Å². The van der Waals surface area contributed by atoms with Crippen molar-refractivity contribution in [2.45, 2.75) is 18.9 Å². The number of piperidine rings is 1. The summed E-state index contributed by atoms with van der Waals surface area (Å²) in [4.78, 5) is 13.6. The molecule has 1 saturated heterocycles. The second kappa shape index (κ2) is 9.03. The van der Waals surface area contributed by atoms with Gasteiger partial charge in [-0.05, 0) is 55.8 Å². The van der Waals surface area contributed by atoms with Gasteiger partial charge in [0.1, 0.15) is 11.5 Å². The minimum Gasteiger partial charge on any atom is -0.497 e. The van der Waals surface area contributed by atoms with Crippen LogP contribution in [0.15, 0.2) is 36.4 Å². The standard InChI is InChI=1S/C21H23Cl2NO4/c1-27-14-6-7-18(28-2)16(12-14)20(15-4-3-5-17(22)19(15)23)24-10-8-13(9-11-24)21(25)26/h3-7,12-13,20H,8-11H2,1-2H3,(H,25,26). The maximum absolute atomic E-state index is 11.4. The second-order valence-electron chi connectivity index (χ2n) is 6.80. The molecule has 1 atom stereocenters. The summed E-state index contributed by atoms with van der Waals surface area (Å²) in [5.74, 6) is 0.358. The molecule has 0 bridgehead atoms. The van der Waals surface area contributed by atoms with Crippen molar-refractivity contribution in [1.29, 1.82) is 0 Å². The molecule has 1 heterocycles. The van der Waals surface area contributed by atoms with Crippen molar-refractivity contribution in [2.75, 3.05) is 27.3 Å². The van der Waals surface area contributed by atoms with Crippen molar-refractivity contribution in [3.05, 3.63) is 57.6 Å². The Morgan fingerprint density at radius 1 is 1.11 bits per heavy atom. The summed E-state index contributed by atoms with van der Waals surface area (Å²) in [6.45, 7) is 1.26. The van der Waals surface area contributed by atoms with E-state index in [1.165, 1.54) is 0 Å². The van der Waals surface area contributed by atoms with E-state index in [0.29, 0.717) is 47.5 Å². The Morgan fingerprint density at radius 2 is 1.82 bits per heavy atom. The van der Waals surface area contributed by atoms with Crippen LogP contribution in [0.5, 0.6) is 11.5 Å². The van der Waals surface area contributed by atoms with E-state index >= 15 is 0 Å². The summed E-state index contributed by atoms with van der Waals surface area (Å²) in [5, 5.41) is 10.3. The molecule has 7 heteroatoms. The monoisotopic (exact) mass is 423 g/mol. The minimum atomic E-state index is -0.740. The van der Waals surface area contributed by atoms with E-state index in [9.17, 15) is 9.90 Å². The highest BCUT2D eigenvalue weighted by Crippen LogP contribution is 2.42. The van der Waals surface area contributed by atoms with Gasteiger partial charge in [0.15, 0.2) is 0 Å². The van der Waals surface area contributed by atoms with Crippen LogP contribution in [-0.2, 0) is 4.79 Å². The van der Waals surface area contributed by atoms with Crippen LogP contribution >= 0.6 is 23.2 Å². The quantitative estimate of drug-likeness (QED) is 0.715. The third-order valence-corrected chi connectivity index (χ3v) is 6.08. The van der Waals surface area contributed by atoms with Crippen LogP contribution in [0.4, 0.5) is 0 Å². The van der Waals surface area contributed by atoms with Gasteiger partial charge in [-0.2, -0.15) is 0 Å². The number of nitrogens with zero attached hydrogens (tertiary/aromatic N) is 1. The first kappa shape index (κ1) is 20.8. The number of hydrogen-bond donors (Lipinski definition) is 1. The molecular weight excluding hydrogens is 401 g/mol. The minimum absolute atomic E-state index is 0.231. The van der Waals surface area contributed by atoms with Gasteiger partial charge in [-0.1, -0.05) is 35.3 Å².